The van der Waals surface area contributed by atoms with Crippen molar-refractivity contribution in [2.24, 2.45) is 11.8 Å². The van der Waals surface area contributed by atoms with E-state index >= 15 is 0 Å². The van der Waals surface area contributed by atoms with Gasteiger partial charge in [-0.3, -0.25) is 4.79 Å². The minimum Gasteiger partial charge on any atom is -0.467 e. The van der Waals surface area contributed by atoms with Crippen molar-refractivity contribution in [2.75, 3.05) is 20.2 Å². The second kappa shape index (κ2) is 10.1. The first kappa shape index (κ1) is 25.3. The van der Waals surface area contributed by atoms with Gasteiger partial charge in [0.05, 0.1) is 12.0 Å². The lowest BCUT2D eigenvalue weighted by molar-refractivity contribution is -0.147. The highest BCUT2D eigenvalue weighted by molar-refractivity contribution is 7.89. The highest BCUT2D eigenvalue weighted by atomic mass is 32.2. The molecule has 0 aliphatic carbocycles. The molecule has 0 spiro atoms. The van der Waals surface area contributed by atoms with Crippen LogP contribution in [-0.2, 0) is 29.8 Å². The van der Waals surface area contributed by atoms with Gasteiger partial charge in [0, 0.05) is 19.0 Å². The van der Waals surface area contributed by atoms with Gasteiger partial charge in [0.2, 0.25) is 15.9 Å². The Kier molecular flexibility index (Phi) is 8.27. The van der Waals surface area contributed by atoms with Gasteiger partial charge in [0.15, 0.2) is 0 Å². The summed E-state index contributed by atoms with van der Waals surface area (Å²) in [5.74, 6) is -1.05. The van der Waals surface area contributed by atoms with Crippen molar-refractivity contribution in [3.63, 3.8) is 0 Å². The first-order valence-corrected chi connectivity index (χ1v) is 12.3. The smallest absolute Gasteiger partial charge is 0.328 e. The number of piperidine rings is 1. The van der Waals surface area contributed by atoms with E-state index in [2.05, 4.69) is 26.1 Å². The molecular weight excluding hydrogens is 416 g/mol. The second-order valence-corrected chi connectivity index (χ2v) is 11.3. The molecule has 1 N–H and O–H groups in total. The highest BCUT2D eigenvalue weighted by Crippen LogP contribution is 2.27. The number of amides is 1. The van der Waals surface area contributed by atoms with Crippen LogP contribution in [0.1, 0.15) is 59.4 Å². The van der Waals surface area contributed by atoms with Crippen LogP contribution < -0.4 is 5.32 Å². The molecule has 0 saturated carbocycles. The predicted octanol–water partition coefficient (Wildman–Crippen LogP) is 3.09. The van der Waals surface area contributed by atoms with Crippen molar-refractivity contribution < 1.29 is 22.7 Å². The standard InChI is InChI=1S/C23H36N2O5S/c1-7-16(2)20(22(27)30-6)24-21(26)17-12-14-25(15-13-17)31(28,29)19-10-8-18(9-11-19)23(3,4)5/h8-11,16-17,20H,7,12-15H2,1-6H3,(H,24,26). The zero-order valence-corrected chi connectivity index (χ0v) is 20.3. The molecule has 2 atom stereocenters. The van der Waals surface area contributed by atoms with E-state index in [1.807, 2.05) is 26.0 Å². The van der Waals surface area contributed by atoms with Gasteiger partial charge >= 0.3 is 5.97 Å². The third-order valence-corrected chi connectivity index (χ3v) is 8.06. The molecule has 31 heavy (non-hydrogen) atoms. The van der Waals surface area contributed by atoms with E-state index in [9.17, 15) is 18.0 Å². The highest BCUT2D eigenvalue weighted by Gasteiger charge is 2.34. The van der Waals surface area contributed by atoms with E-state index in [1.165, 1.54) is 11.4 Å². The average molecular weight is 453 g/mol. The summed E-state index contributed by atoms with van der Waals surface area (Å²) in [5, 5.41) is 2.81. The first-order chi connectivity index (χ1) is 14.4. The summed E-state index contributed by atoms with van der Waals surface area (Å²) in [7, 11) is -2.30. The van der Waals surface area contributed by atoms with Crippen LogP contribution in [0.2, 0.25) is 0 Å². The van der Waals surface area contributed by atoms with Crippen molar-refractivity contribution in [3.8, 4) is 0 Å². The Morgan fingerprint density at radius 1 is 1.16 bits per heavy atom. The Balaban J connectivity index is 2.02. The minimum atomic E-state index is -3.60. The van der Waals surface area contributed by atoms with E-state index in [1.54, 1.807) is 12.1 Å². The van der Waals surface area contributed by atoms with Gasteiger partial charge in [-0.25, -0.2) is 13.2 Å². The first-order valence-electron chi connectivity index (χ1n) is 10.9. The van der Waals surface area contributed by atoms with Crippen molar-refractivity contribution in [2.45, 2.75) is 70.2 Å². The van der Waals surface area contributed by atoms with E-state index in [-0.39, 0.29) is 41.1 Å². The molecule has 2 unspecified atom stereocenters. The number of hydrogen-bond acceptors (Lipinski definition) is 5. The lowest BCUT2D eigenvalue weighted by Crippen LogP contribution is -2.50. The largest absolute Gasteiger partial charge is 0.467 e. The topological polar surface area (TPSA) is 92.8 Å². The fourth-order valence-electron chi connectivity index (χ4n) is 3.70. The van der Waals surface area contributed by atoms with Crippen molar-refractivity contribution in [3.05, 3.63) is 29.8 Å². The zero-order chi connectivity index (χ0) is 23.4. The summed E-state index contributed by atoms with van der Waals surface area (Å²) in [4.78, 5) is 25.0. The minimum absolute atomic E-state index is 0.0482. The van der Waals surface area contributed by atoms with Crippen LogP contribution in [0.15, 0.2) is 29.2 Å². The number of ether oxygens (including phenoxy) is 1. The molecule has 0 radical (unpaired) electrons. The van der Waals surface area contributed by atoms with Crippen LogP contribution in [-0.4, -0.2) is 50.8 Å². The van der Waals surface area contributed by atoms with Gasteiger partial charge in [-0.05, 0) is 41.9 Å². The number of hydrogen-bond donors (Lipinski definition) is 1. The maximum Gasteiger partial charge on any atom is 0.328 e. The summed E-state index contributed by atoms with van der Waals surface area (Å²) in [5.41, 5.74) is 1.02. The molecule has 1 aromatic carbocycles. The van der Waals surface area contributed by atoms with E-state index in [0.717, 1.165) is 12.0 Å². The normalized spacial score (nSPS) is 18.3. The van der Waals surface area contributed by atoms with E-state index in [0.29, 0.717) is 12.8 Å². The molecule has 1 saturated heterocycles. The summed E-state index contributed by atoms with van der Waals surface area (Å²) in [6, 6.07) is 6.33. The van der Waals surface area contributed by atoms with Gasteiger partial charge in [0.1, 0.15) is 6.04 Å². The second-order valence-electron chi connectivity index (χ2n) is 9.35. The molecule has 8 heteroatoms. The summed E-state index contributed by atoms with van der Waals surface area (Å²) in [6.07, 6.45) is 1.56. The Hall–Kier alpha value is -1.93. The summed E-state index contributed by atoms with van der Waals surface area (Å²) >= 11 is 0. The molecule has 2 rings (SSSR count). The third kappa shape index (κ3) is 6.07. The van der Waals surface area contributed by atoms with Gasteiger partial charge in [-0.15, -0.1) is 0 Å². The number of esters is 1. The fourth-order valence-corrected chi connectivity index (χ4v) is 5.17. The molecule has 1 fully saturated rings. The quantitative estimate of drug-likeness (QED) is 0.642. The van der Waals surface area contributed by atoms with Crippen LogP contribution in [0.3, 0.4) is 0 Å². The van der Waals surface area contributed by atoms with E-state index in [4.69, 9.17) is 4.74 Å². The van der Waals surface area contributed by atoms with Crippen LogP contribution in [0.25, 0.3) is 0 Å². The Morgan fingerprint density at radius 3 is 2.16 bits per heavy atom. The van der Waals surface area contributed by atoms with Gasteiger partial charge in [-0.2, -0.15) is 4.31 Å². The summed E-state index contributed by atoms with van der Waals surface area (Å²) in [6.45, 7) is 10.6. The average Bonchev–Trinajstić information content (AvgIpc) is 2.75. The molecule has 0 aromatic heterocycles. The molecule has 174 valence electrons. The Morgan fingerprint density at radius 2 is 1.71 bits per heavy atom. The lowest BCUT2D eigenvalue weighted by Gasteiger charge is -2.32. The number of benzene rings is 1. The number of carbonyl (C=O) groups excluding carboxylic acids is 2. The van der Waals surface area contributed by atoms with Crippen LogP contribution in [0.4, 0.5) is 0 Å². The zero-order valence-electron chi connectivity index (χ0n) is 19.5. The summed E-state index contributed by atoms with van der Waals surface area (Å²) < 4.78 is 32.3. The number of carbonyl (C=O) groups is 2. The fraction of sp³-hybridized carbons (Fsp3) is 0.652. The molecule has 1 aromatic rings. The molecule has 1 amide bonds. The van der Waals surface area contributed by atoms with E-state index < -0.39 is 22.0 Å². The number of sulfonamides is 1. The van der Waals surface area contributed by atoms with Gasteiger partial charge < -0.3 is 10.1 Å². The SMILES string of the molecule is CCC(C)C(NC(=O)C1CCN(S(=O)(=O)c2ccc(C(C)(C)C)cc2)CC1)C(=O)OC. The monoisotopic (exact) mass is 452 g/mol. The molecule has 7 nitrogen and oxygen atoms in total. The Labute approximate surface area is 186 Å². The number of methoxy groups -OCH3 is 1. The molecule has 1 aliphatic heterocycles. The lowest BCUT2D eigenvalue weighted by atomic mass is 9.87. The number of nitrogens with zero attached hydrogens (tertiary/aromatic N) is 1. The molecule has 1 aliphatic rings. The maximum atomic E-state index is 13.0. The molecule has 1 heterocycles. The van der Waals surface area contributed by atoms with Crippen molar-refractivity contribution >= 4 is 21.9 Å². The van der Waals surface area contributed by atoms with Gasteiger partial charge in [-0.1, -0.05) is 53.2 Å². The van der Waals surface area contributed by atoms with Crippen LogP contribution in [0, 0.1) is 11.8 Å². The maximum absolute atomic E-state index is 13.0. The Bertz CT molecular complexity index is 866. The molecule has 0 bridgehead atoms. The van der Waals surface area contributed by atoms with Crippen LogP contribution >= 0.6 is 0 Å². The van der Waals surface area contributed by atoms with Crippen molar-refractivity contribution in [1.82, 2.24) is 9.62 Å². The van der Waals surface area contributed by atoms with Gasteiger partial charge in [0.25, 0.3) is 0 Å². The molecular formula is C23H36N2O5S. The van der Waals surface area contributed by atoms with Crippen molar-refractivity contribution in [1.29, 1.82) is 0 Å². The number of rotatable bonds is 7. The third-order valence-electron chi connectivity index (χ3n) is 6.15. The predicted molar refractivity (Wildman–Crippen MR) is 120 cm³/mol. The number of nitrogens with one attached hydrogen (secondary N) is 1. The van der Waals surface area contributed by atoms with Crippen LogP contribution in [0.5, 0.6) is 0 Å².